The van der Waals surface area contributed by atoms with Crippen LogP contribution in [0.4, 0.5) is 13.2 Å². The first-order chi connectivity index (χ1) is 14.5. The fraction of sp³-hybridized carbons (Fsp3) is 0.150. The van der Waals surface area contributed by atoms with Gasteiger partial charge in [-0.1, -0.05) is 11.6 Å². The maximum absolute atomic E-state index is 14.9. The number of benzene rings is 1. The van der Waals surface area contributed by atoms with E-state index in [1.165, 1.54) is 24.5 Å². The van der Waals surface area contributed by atoms with Crippen molar-refractivity contribution in [3.63, 3.8) is 0 Å². The summed E-state index contributed by atoms with van der Waals surface area (Å²) >= 11 is 5.89. The van der Waals surface area contributed by atoms with E-state index in [0.29, 0.717) is 32.9 Å². The number of aromatic amines is 1. The van der Waals surface area contributed by atoms with Crippen molar-refractivity contribution in [2.75, 3.05) is 7.05 Å². The molecule has 0 aliphatic carbocycles. The number of H-pyrrole nitrogens is 1. The number of rotatable bonds is 6. The summed E-state index contributed by atoms with van der Waals surface area (Å²) in [6, 6.07) is 7.54. The number of hydrogen-bond donors (Lipinski definition) is 2. The van der Waals surface area contributed by atoms with Crippen LogP contribution in [0.3, 0.4) is 0 Å². The van der Waals surface area contributed by atoms with Crippen molar-refractivity contribution in [3.05, 3.63) is 59.1 Å². The fourth-order valence-corrected chi connectivity index (χ4v) is 3.25. The van der Waals surface area contributed by atoms with Crippen LogP contribution in [0.15, 0.2) is 42.7 Å². The Kier molecular flexibility index (Phi) is 5.56. The minimum absolute atomic E-state index is 0.128. The maximum atomic E-state index is 14.9. The van der Waals surface area contributed by atoms with Gasteiger partial charge in [0.05, 0.1) is 33.7 Å². The van der Waals surface area contributed by atoms with E-state index in [4.69, 9.17) is 11.6 Å². The Morgan fingerprint density at radius 2 is 1.93 bits per heavy atom. The number of alkyl halides is 2. The SMILES string of the molecule is CNCc1cc(F)c(-c2cc3c(-c4ccc(Cl)cn4)n[nH]c3cn2)c(OC(F)F)c1. The molecular weight excluding hydrogens is 419 g/mol. The lowest BCUT2D eigenvalue weighted by Crippen LogP contribution is -2.09. The van der Waals surface area contributed by atoms with Gasteiger partial charge < -0.3 is 10.1 Å². The monoisotopic (exact) mass is 433 g/mol. The van der Waals surface area contributed by atoms with Gasteiger partial charge in [0.25, 0.3) is 0 Å². The van der Waals surface area contributed by atoms with Crippen LogP contribution in [0.2, 0.25) is 5.02 Å². The number of pyridine rings is 2. The smallest absolute Gasteiger partial charge is 0.387 e. The topological polar surface area (TPSA) is 75.7 Å². The number of ether oxygens (including phenoxy) is 1. The summed E-state index contributed by atoms with van der Waals surface area (Å²) in [5, 5.41) is 11.0. The molecule has 10 heteroatoms. The van der Waals surface area contributed by atoms with Crippen molar-refractivity contribution in [2.45, 2.75) is 13.2 Å². The van der Waals surface area contributed by atoms with E-state index in [9.17, 15) is 13.2 Å². The molecule has 1 aromatic carbocycles. The Morgan fingerprint density at radius 3 is 2.63 bits per heavy atom. The zero-order valence-electron chi connectivity index (χ0n) is 15.6. The van der Waals surface area contributed by atoms with Crippen molar-refractivity contribution in [2.24, 2.45) is 0 Å². The molecule has 4 aromatic rings. The summed E-state index contributed by atoms with van der Waals surface area (Å²) in [5.74, 6) is -1.02. The van der Waals surface area contributed by atoms with Gasteiger partial charge in [0, 0.05) is 18.1 Å². The number of hydrogen-bond acceptors (Lipinski definition) is 5. The number of halogens is 4. The molecule has 0 atom stereocenters. The molecule has 0 aliphatic rings. The molecular formula is C20H15ClF3N5O. The number of aromatic nitrogens is 4. The van der Waals surface area contributed by atoms with Gasteiger partial charge in [-0.15, -0.1) is 0 Å². The second-order valence-electron chi connectivity index (χ2n) is 6.41. The number of nitrogens with one attached hydrogen (secondary N) is 2. The van der Waals surface area contributed by atoms with Crippen LogP contribution in [0, 0.1) is 5.82 Å². The van der Waals surface area contributed by atoms with Gasteiger partial charge in [0.15, 0.2) is 0 Å². The molecule has 30 heavy (non-hydrogen) atoms. The molecule has 3 heterocycles. The first-order valence-corrected chi connectivity index (χ1v) is 9.22. The highest BCUT2D eigenvalue weighted by molar-refractivity contribution is 6.30. The number of fused-ring (bicyclic) bond motifs is 1. The number of nitrogens with zero attached hydrogens (tertiary/aromatic N) is 3. The van der Waals surface area contributed by atoms with E-state index < -0.39 is 12.4 Å². The molecule has 6 nitrogen and oxygen atoms in total. The summed E-state index contributed by atoms with van der Waals surface area (Å²) in [6.45, 7) is -2.82. The molecule has 0 unspecified atom stereocenters. The van der Waals surface area contributed by atoms with E-state index >= 15 is 0 Å². The Balaban J connectivity index is 1.87. The molecule has 2 N–H and O–H groups in total. The standard InChI is InChI=1S/C20H15ClF3N5O/c1-25-7-10-4-13(22)18(17(5-10)30-20(23)24)15-6-12-16(9-27-15)28-29-19(12)14-3-2-11(21)8-26-14/h2-6,8-9,20,25H,7H2,1H3,(H,28,29). The molecule has 0 amide bonds. The highest BCUT2D eigenvalue weighted by Gasteiger charge is 2.20. The van der Waals surface area contributed by atoms with E-state index in [2.05, 4.69) is 30.2 Å². The second kappa shape index (κ2) is 8.29. The van der Waals surface area contributed by atoms with Crippen molar-refractivity contribution in [1.82, 2.24) is 25.5 Å². The van der Waals surface area contributed by atoms with Gasteiger partial charge >= 0.3 is 6.61 Å². The Hall–Kier alpha value is -3.17. The van der Waals surface area contributed by atoms with Crippen LogP contribution in [-0.4, -0.2) is 33.8 Å². The zero-order chi connectivity index (χ0) is 21.3. The van der Waals surface area contributed by atoms with E-state index in [1.54, 1.807) is 25.2 Å². The molecule has 0 aliphatic heterocycles. The highest BCUT2D eigenvalue weighted by Crippen LogP contribution is 2.36. The van der Waals surface area contributed by atoms with Crippen molar-refractivity contribution < 1.29 is 17.9 Å². The fourth-order valence-electron chi connectivity index (χ4n) is 3.14. The molecule has 0 saturated carbocycles. The third kappa shape index (κ3) is 3.94. The predicted molar refractivity (Wildman–Crippen MR) is 107 cm³/mol. The van der Waals surface area contributed by atoms with Crippen LogP contribution in [0.1, 0.15) is 5.56 Å². The summed E-state index contributed by atoms with van der Waals surface area (Å²) in [5.41, 5.74) is 2.04. The molecule has 0 radical (unpaired) electrons. The van der Waals surface area contributed by atoms with Crippen LogP contribution < -0.4 is 10.1 Å². The Morgan fingerprint density at radius 1 is 1.13 bits per heavy atom. The van der Waals surface area contributed by atoms with Crippen molar-refractivity contribution >= 4 is 22.5 Å². The van der Waals surface area contributed by atoms with Crippen LogP contribution in [0.25, 0.3) is 33.5 Å². The highest BCUT2D eigenvalue weighted by atomic mass is 35.5. The van der Waals surface area contributed by atoms with Crippen LogP contribution >= 0.6 is 11.6 Å². The summed E-state index contributed by atoms with van der Waals surface area (Å²) < 4.78 is 45.5. The lowest BCUT2D eigenvalue weighted by Gasteiger charge is -2.14. The third-order valence-electron chi connectivity index (χ3n) is 4.38. The van der Waals surface area contributed by atoms with Gasteiger partial charge in [-0.25, -0.2) is 4.39 Å². The second-order valence-corrected chi connectivity index (χ2v) is 6.85. The first-order valence-electron chi connectivity index (χ1n) is 8.84. The van der Waals surface area contributed by atoms with Gasteiger partial charge in [0.2, 0.25) is 0 Å². The van der Waals surface area contributed by atoms with Gasteiger partial charge in [-0.2, -0.15) is 13.9 Å². The van der Waals surface area contributed by atoms with E-state index in [-0.39, 0.29) is 23.6 Å². The summed E-state index contributed by atoms with van der Waals surface area (Å²) in [6.07, 6.45) is 2.93. The normalized spacial score (nSPS) is 11.4. The van der Waals surface area contributed by atoms with E-state index in [1.807, 2.05) is 0 Å². The third-order valence-corrected chi connectivity index (χ3v) is 4.61. The molecule has 4 rings (SSSR count). The predicted octanol–water partition coefficient (Wildman–Crippen LogP) is 4.80. The Bertz CT molecular complexity index is 1200. The summed E-state index contributed by atoms with van der Waals surface area (Å²) in [4.78, 5) is 8.45. The lowest BCUT2D eigenvalue weighted by atomic mass is 10.0. The van der Waals surface area contributed by atoms with Crippen LogP contribution in [0.5, 0.6) is 5.75 Å². The minimum Gasteiger partial charge on any atom is -0.434 e. The quantitative estimate of drug-likeness (QED) is 0.457. The van der Waals surface area contributed by atoms with Crippen molar-refractivity contribution in [1.29, 1.82) is 0 Å². The van der Waals surface area contributed by atoms with Crippen molar-refractivity contribution in [3.8, 4) is 28.4 Å². The van der Waals surface area contributed by atoms with Crippen LogP contribution in [-0.2, 0) is 6.54 Å². The van der Waals surface area contributed by atoms with Gasteiger partial charge in [-0.3, -0.25) is 15.1 Å². The molecule has 0 fully saturated rings. The minimum atomic E-state index is -3.11. The molecule has 0 saturated heterocycles. The first kappa shape index (κ1) is 20.1. The average Bonchev–Trinajstić information content (AvgIpc) is 3.11. The molecule has 154 valence electrons. The average molecular weight is 434 g/mol. The van der Waals surface area contributed by atoms with Gasteiger partial charge in [-0.05, 0) is 42.9 Å². The lowest BCUT2D eigenvalue weighted by molar-refractivity contribution is -0.0496. The Labute approximate surface area is 174 Å². The maximum Gasteiger partial charge on any atom is 0.387 e. The summed E-state index contributed by atoms with van der Waals surface area (Å²) in [7, 11) is 1.67. The zero-order valence-corrected chi connectivity index (χ0v) is 16.3. The molecule has 0 bridgehead atoms. The van der Waals surface area contributed by atoms with Gasteiger partial charge in [0.1, 0.15) is 17.3 Å². The van der Waals surface area contributed by atoms with E-state index in [0.717, 1.165) is 0 Å². The molecule has 0 spiro atoms. The largest absolute Gasteiger partial charge is 0.434 e. The molecule has 3 aromatic heterocycles.